The summed E-state index contributed by atoms with van der Waals surface area (Å²) < 4.78 is 21.2. The average Bonchev–Trinajstić information content (AvgIpc) is 3.20. The van der Waals surface area contributed by atoms with E-state index in [0.717, 1.165) is 12.8 Å². The molecule has 4 heterocycles. The molecule has 176 valence electrons. The van der Waals surface area contributed by atoms with Crippen molar-refractivity contribution in [2.24, 2.45) is 0 Å². The van der Waals surface area contributed by atoms with Crippen molar-refractivity contribution >= 4 is 28.8 Å². The van der Waals surface area contributed by atoms with Crippen LogP contribution in [0.25, 0.3) is 17.0 Å². The van der Waals surface area contributed by atoms with Crippen molar-refractivity contribution in [1.29, 1.82) is 0 Å². The molecule has 0 radical (unpaired) electrons. The Morgan fingerprint density at radius 1 is 1.30 bits per heavy atom. The van der Waals surface area contributed by atoms with Gasteiger partial charge < -0.3 is 20.5 Å². The highest BCUT2D eigenvalue weighted by molar-refractivity contribution is 6.30. The zero-order chi connectivity index (χ0) is 23.6. The molecule has 3 aromatic rings. The van der Waals surface area contributed by atoms with E-state index in [4.69, 9.17) is 16.3 Å². The summed E-state index contributed by atoms with van der Waals surface area (Å²) in [5.41, 5.74) is 1.04. The predicted molar refractivity (Wildman–Crippen MR) is 122 cm³/mol. The maximum atomic E-state index is 14.1. The van der Waals surface area contributed by atoms with Gasteiger partial charge in [-0.25, -0.2) is 13.9 Å². The van der Waals surface area contributed by atoms with E-state index in [1.807, 2.05) is 0 Å². The zero-order valence-corrected chi connectivity index (χ0v) is 19.1. The van der Waals surface area contributed by atoms with E-state index in [2.05, 4.69) is 25.7 Å². The molecule has 33 heavy (non-hydrogen) atoms. The summed E-state index contributed by atoms with van der Waals surface area (Å²) in [5, 5.41) is 20.5. The van der Waals surface area contributed by atoms with Gasteiger partial charge in [0.05, 0.1) is 46.5 Å². The van der Waals surface area contributed by atoms with Gasteiger partial charge in [0, 0.05) is 31.5 Å². The lowest BCUT2D eigenvalue weighted by Gasteiger charge is -2.26. The minimum atomic E-state index is -1.61. The average molecular weight is 477 g/mol. The summed E-state index contributed by atoms with van der Waals surface area (Å²) in [7, 11) is 0. The smallest absolute Gasteiger partial charge is 0.255 e. The number of carbonyl (C=O) groups is 1. The first-order chi connectivity index (χ1) is 15.7. The lowest BCUT2D eigenvalue weighted by Crippen LogP contribution is -2.42. The summed E-state index contributed by atoms with van der Waals surface area (Å²) >= 11 is 6.00. The number of halogens is 2. The number of aromatic nitrogens is 4. The van der Waals surface area contributed by atoms with Crippen molar-refractivity contribution < 1.29 is 19.0 Å². The van der Waals surface area contributed by atoms with Gasteiger partial charge in [0.1, 0.15) is 11.9 Å². The second-order valence-electron chi connectivity index (χ2n) is 8.56. The number of fused-ring (bicyclic) bond motifs is 1. The number of hydrogen-bond acceptors (Lipinski definition) is 7. The van der Waals surface area contributed by atoms with Crippen LogP contribution in [0.1, 0.15) is 37.0 Å². The highest BCUT2D eigenvalue weighted by Crippen LogP contribution is 2.26. The lowest BCUT2D eigenvalue weighted by atomic mass is 10.0. The molecule has 1 saturated heterocycles. The highest BCUT2D eigenvalue weighted by atomic mass is 35.5. The Bertz CT molecular complexity index is 1140. The number of rotatable bonds is 7. The summed E-state index contributed by atoms with van der Waals surface area (Å²) in [4.78, 5) is 21.6. The molecule has 1 unspecified atom stereocenters. The molecule has 1 amide bonds. The Morgan fingerprint density at radius 3 is 2.79 bits per heavy atom. The number of ether oxygens (including phenoxy) is 1. The molecule has 3 aromatic heterocycles. The summed E-state index contributed by atoms with van der Waals surface area (Å²) in [6.07, 6.45) is 4.56. The second kappa shape index (κ2) is 9.58. The topological polar surface area (TPSA) is 114 Å². The number of alkyl halides is 1. The molecule has 1 aliphatic heterocycles. The molecule has 0 saturated carbocycles. The van der Waals surface area contributed by atoms with Crippen LogP contribution in [0.5, 0.6) is 0 Å². The van der Waals surface area contributed by atoms with E-state index < -0.39 is 17.7 Å². The molecule has 9 nitrogen and oxygen atoms in total. The number of carbonyl (C=O) groups excluding carboxylic acids is 1. The number of imidazole rings is 1. The van der Waals surface area contributed by atoms with Crippen LogP contribution in [-0.4, -0.2) is 68.2 Å². The largest absolute Gasteiger partial charge is 0.387 e. The standard InChI is InChI=1S/C22H26ClFN6O3/c1-22(2,32)19(24)12-27-21(31)15-10-25-17(8-16(15)29-14-3-5-33-6-4-14)18-11-26-20-7-13(23)9-28-30(18)20/h7-11,14,19,32H,3-6,12H2,1-2H3,(H,25,29)(H,27,31). The number of anilines is 1. The summed E-state index contributed by atoms with van der Waals surface area (Å²) in [5.74, 6) is -0.487. The Labute approximate surface area is 195 Å². The van der Waals surface area contributed by atoms with Crippen molar-refractivity contribution in [3.63, 3.8) is 0 Å². The van der Waals surface area contributed by atoms with Gasteiger partial charge in [-0.15, -0.1) is 0 Å². The van der Waals surface area contributed by atoms with Crippen LogP contribution in [0.2, 0.25) is 5.02 Å². The molecule has 0 aromatic carbocycles. The van der Waals surface area contributed by atoms with Gasteiger partial charge in [0.15, 0.2) is 5.65 Å². The van der Waals surface area contributed by atoms with E-state index in [1.165, 1.54) is 26.2 Å². The molecule has 0 bridgehead atoms. The number of aliphatic hydroxyl groups is 1. The SMILES string of the molecule is CC(C)(O)C(F)CNC(=O)c1cnc(-c2cnc3cc(Cl)cnn23)cc1NC1CCOCC1. The molecular formula is C22H26ClFN6O3. The first kappa shape index (κ1) is 23.3. The first-order valence-electron chi connectivity index (χ1n) is 10.7. The Kier molecular flexibility index (Phi) is 6.78. The number of amides is 1. The normalized spacial score (nSPS) is 16.0. The maximum absolute atomic E-state index is 14.1. The molecular weight excluding hydrogens is 451 g/mol. The van der Waals surface area contributed by atoms with Crippen molar-refractivity contribution in [2.45, 2.75) is 44.5 Å². The molecule has 11 heteroatoms. The summed E-state index contributed by atoms with van der Waals surface area (Å²) in [6.45, 7) is 3.65. The first-order valence-corrected chi connectivity index (χ1v) is 11.1. The van der Waals surface area contributed by atoms with Crippen molar-refractivity contribution in [2.75, 3.05) is 25.1 Å². The van der Waals surface area contributed by atoms with Crippen LogP contribution in [0.15, 0.2) is 30.7 Å². The monoisotopic (exact) mass is 476 g/mol. The van der Waals surface area contributed by atoms with Crippen LogP contribution in [0.4, 0.5) is 10.1 Å². The Hall–Kier alpha value is -2.82. The molecule has 3 N–H and O–H groups in total. The lowest BCUT2D eigenvalue weighted by molar-refractivity contribution is -0.00177. The number of pyridine rings is 1. The van der Waals surface area contributed by atoms with Gasteiger partial charge in [0.2, 0.25) is 0 Å². The molecule has 1 fully saturated rings. The summed E-state index contributed by atoms with van der Waals surface area (Å²) in [6, 6.07) is 3.56. The third kappa shape index (κ3) is 5.40. The van der Waals surface area contributed by atoms with Gasteiger partial charge in [-0.05, 0) is 32.8 Å². The van der Waals surface area contributed by atoms with Crippen LogP contribution < -0.4 is 10.6 Å². The number of nitrogens with one attached hydrogen (secondary N) is 2. The maximum Gasteiger partial charge on any atom is 0.255 e. The second-order valence-corrected chi connectivity index (χ2v) is 9.00. The van der Waals surface area contributed by atoms with E-state index in [1.54, 1.807) is 22.8 Å². The Balaban J connectivity index is 1.64. The third-order valence-electron chi connectivity index (χ3n) is 5.53. The molecule has 4 rings (SSSR count). The van der Waals surface area contributed by atoms with Crippen molar-refractivity contribution in [3.8, 4) is 11.4 Å². The van der Waals surface area contributed by atoms with Gasteiger partial charge >= 0.3 is 0 Å². The highest BCUT2D eigenvalue weighted by Gasteiger charge is 2.27. The predicted octanol–water partition coefficient (Wildman–Crippen LogP) is 2.87. The molecule has 1 aliphatic rings. The van der Waals surface area contributed by atoms with E-state index in [9.17, 15) is 14.3 Å². The van der Waals surface area contributed by atoms with Gasteiger partial charge in [-0.1, -0.05) is 11.6 Å². The van der Waals surface area contributed by atoms with Crippen LogP contribution in [-0.2, 0) is 4.74 Å². The number of hydrogen-bond donors (Lipinski definition) is 3. The van der Waals surface area contributed by atoms with E-state index >= 15 is 0 Å². The van der Waals surface area contributed by atoms with Crippen molar-refractivity contribution in [1.82, 2.24) is 24.9 Å². The van der Waals surface area contributed by atoms with Gasteiger partial charge in [-0.3, -0.25) is 9.78 Å². The minimum absolute atomic E-state index is 0.116. The van der Waals surface area contributed by atoms with Gasteiger partial charge in [-0.2, -0.15) is 5.10 Å². The van der Waals surface area contributed by atoms with Crippen LogP contribution in [0, 0.1) is 0 Å². The third-order valence-corrected chi connectivity index (χ3v) is 5.73. The van der Waals surface area contributed by atoms with Crippen molar-refractivity contribution in [3.05, 3.63) is 41.3 Å². The van der Waals surface area contributed by atoms with E-state index in [-0.39, 0.29) is 18.2 Å². The van der Waals surface area contributed by atoms with Crippen LogP contribution >= 0.6 is 11.6 Å². The van der Waals surface area contributed by atoms with Gasteiger partial charge in [0.25, 0.3) is 5.91 Å². The fourth-order valence-electron chi connectivity index (χ4n) is 3.51. The van der Waals surface area contributed by atoms with Crippen LogP contribution in [0.3, 0.4) is 0 Å². The minimum Gasteiger partial charge on any atom is -0.387 e. The zero-order valence-electron chi connectivity index (χ0n) is 18.4. The number of nitrogens with zero attached hydrogens (tertiary/aromatic N) is 4. The Morgan fingerprint density at radius 2 is 2.06 bits per heavy atom. The molecule has 1 atom stereocenters. The fraction of sp³-hybridized carbons (Fsp3) is 0.455. The fourth-order valence-corrected chi connectivity index (χ4v) is 3.65. The molecule has 0 aliphatic carbocycles. The quantitative estimate of drug-likeness (QED) is 0.480. The van der Waals surface area contributed by atoms with E-state index in [0.29, 0.717) is 41.0 Å². The molecule has 0 spiro atoms.